The zero-order valence-electron chi connectivity index (χ0n) is 8.13. The van der Waals surface area contributed by atoms with Gasteiger partial charge < -0.3 is 0 Å². The van der Waals surface area contributed by atoms with Gasteiger partial charge in [0, 0.05) is 11.3 Å². The number of halogens is 3. The molecule has 12 heavy (non-hydrogen) atoms. The minimum atomic E-state index is -2.56. The van der Waals surface area contributed by atoms with E-state index in [9.17, 15) is 8.78 Å². The van der Waals surface area contributed by atoms with Gasteiger partial charge in [-0.1, -0.05) is 50.3 Å². The minimum Gasteiger partial charge on any atom is -0.206 e. The van der Waals surface area contributed by atoms with Crippen LogP contribution in [0.15, 0.2) is 0 Å². The molecule has 1 unspecified atom stereocenters. The molecule has 0 aliphatic heterocycles. The molecule has 0 heterocycles. The van der Waals surface area contributed by atoms with E-state index in [1.54, 1.807) is 27.7 Å². The van der Waals surface area contributed by atoms with Crippen LogP contribution in [-0.4, -0.2) is 10.4 Å². The van der Waals surface area contributed by atoms with Crippen molar-refractivity contribution in [3.05, 3.63) is 0 Å². The average Bonchev–Trinajstić information content (AvgIpc) is 1.85. The van der Waals surface area contributed by atoms with Crippen molar-refractivity contribution in [2.24, 2.45) is 11.3 Å². The Hall–Kier alpha value is 0.590. The summed E-state index contributed by atoms with van der Waals surface area (Å²) in [7, 11) is 0. The largest absolute Gasteiger partial charge is 0.255 e. The van der Waals surface area contributed by atoms with Crippen LogP contribution in [0.25, 0.3) is 0 Å². The topological polar surface area (TPSA) is 0 Å². The van der Waals surface area contributed by atoms with Gasteiger partial charge in [0.25, 0.3) is 5.92 Å². The monoisotopic (exact) mass is 290 g/mol. The summed E-state index contributed by atoms with van der Waals surface area (Å²) in [4.78, 5) is 0. The SMILES string of the molecule is CC(CCI)C(F)(F)C(C)(C)C. The fourth-order valence-electron chi connectivity index (χ4n) is 1.08. The highest BCUT2D eigenvalue weighted by molar-refractivity contribution is 14.1. The summed E-state index contributed by atoms with van der Waals surface area (Å²) in [6, 6.07) is 0. The van der Waals surface area contributed by atoms with Crippen molar-refractivity contribution in [1.29, 1.82) is 0 Å². The first-order valence-electron chi connectivity index (χ1n) is 4.17. The van der Waals surface area contributed by atoms with Gasteiger partial charge in [0.1, 0.15) is 0 Å². The van der Waals surface area contributed by atoms with Crippen molar-refractivity contribution in [1.82, 2.24) is 0 Å². The van der Waals surface area contributed by atoms with Crippen molar-refractivity contribution < 1.29 is 8.78 Å². The first-order valence-corrected chi connectivity index (χ1v) is 5.70. The van der Waals surface area contributed by atoms with Gasteiger partial charge in [-0.2, -0.15) is 0 Å². The third kappa shape index (κ3) is 2.82. The second-order valence-electron chi connectivity index (χ2n) is 4.25. The van der Waals surface area contributed by atoms with Crippen molar-refractivity contribution in [3.63, 3.8) is 0 Å². The van der Waals surface area contributed by atoms with E-state index in [1.165, 1.54) is 0 Å². The summed E-state index contributed by atoms with van der Waals surface area (Å²) in [5.41, 5.74) is -0.918. The standard InChI is InChI=1S/C9H17F2I/c1-7(5-6-12)9(10,11)8(2,3)4/h7H,5-6H2,1-4H3. The van der Waals surface area contributed by atoms with E-state index >= 15 is 0 Å². The summed E-state index contributed by atoms with van der Waals surface area (Å²) in [6.07, 6.45) is 0.588. The van der Waals surface area contributed by atoms with Crippen molar-refractivity contribution >= 4 is 22.6 Å². The maximum atomic E-state index is 13.5. The summed E-state index contributed by atoms with van der Waals surface area (Å²) < 4.78 is 27.8. The summed E-state index contributed by atoms with van der Waals surface area (Å²) >= 11 is 2.14. The molecule has 0 bridgehead atoms. The molecule has 1 atom stereocenters. The summed E-state index contributed by atoms with van der Waals surface area (Å²) in [5, 5.41) is 0. The van der Waals surface area contributed by atoms with Gasteiger partial charge in [0.2, 0.25) is 0 Å². The predicted molar refractivity (Wildman–Crippen MR) is 57.1 cm³/mol. The Kier molecular flexibility index (Phi) is 4.41. The van der Waals surface area contributed by atoms with E-state index in [1.807, 2.05) is 0 Å². The highest BCUT2D eigenvalue weighted by Crippen LogP contribution is 2.42. The van der Waals surface area contributed by atoms with E-state index in [4.69, 9.17) is 0 Å². The molecule has 0 spiro atoms. The van der Waals surface area contributed by atoms with Gasteiger partial charge in [-0.05, 0) is 10.8 Å². The summed E-state index contributed by atoms with van der Waals surface area (Å²) in [5.74, 6) is -3.08. The highest BCUT2D eigenvalue weighted by Gasteiger charge is 2.46. The van der Waals surface area contributed by atoms with Crippen LogP contribution in [0.2, 0.25) is 0 Å². The third-order valence-corrected chi connectivity index (χ3v) is 2.78. The van der Waals surface area contributed by atoms with E-state index in [0.29, 0.717) is 6.42 Å². The van der Waals surface area contributed by atoms with Crippen molar-refractivity contribution in [2.45, 2.75) is 40.0 Å². The van der Waals surface area contributed by atoms with Gasteiger partial charge in [0.05, 0.1) is 0 Å². The molecule has 74 valence electrons. The lowest BCUT2D eigenvalue weighted by atomic mass is 9.80. The van der Waals surface area contributed by atoms with Crippen LogP contribution in [0, 0.1) is 11.3 Å². The first kappa shape index (κ1) is 12.6. The molecule has 0 aliphatic carbocycles. The van der Waals surface area contributed by atoms with Crippen molar-refractivity contribution in [2.75, 3.05) is 4.43 Å². The highest BCUT2D eigenvalue weighted by atomic mass is 127. The van der Waals surface area contributed by atoms with E-state index in [2.05, 4.69) is 22.6 Å². The molecule has 0 fully saturated rings. The molecule has 0 radical (unpaired) electrons. The molecule has 0 saturated carbocycles. The fourth-order valence-corrected chi connectivity index (χ4v) is 2.02. The van der Waals surface area contributed by atoms with Crippen LogP contribution in [0.4, 0.5) is 8.78 Å². The van der Waals surface area contributed by atoms with Crippen LogP contribution in [0.1, 0.15) is 34.1 Å². The van der Waals surface area contributed by atoms with Gasteiger partial charge in [-0.25, -0.2) is 8.78 Å². The maximum Gasteiger partial charge on any atom is 0.255 e. The summed E-state index contributed by atoms with van der Waals surface area (Å²) in [6.45, 7) is 6.41. The molecule has 0 aromatic rings. The van der Waals surface area contributed by atoms with E-state index in [-0.39, 0.29) is 0 Å². The number of rotatable bonds is 3. The minimum absolute atomic E-state index is 0.519. The van der Waals surface area contributed by atoms with Gasteiger partial charge in [0.15, 0.2) is 0 Å². The molecule has 0 aromatic carbocycles. The lowest BCUT2D eigenvalue weighted by Crippen LogP contribution is -2.40. The Bertz CT molecular complexity index is 138. The number of hydrogen-bond acceptors (Lipinski definition) is 0. The fraction of sp³-hybridized carbons (Fsp3) is 1.00. The van der Waals surface area contributed by atoms with Gasteiger partial charge >= 0.3 is 0 Å². The normalized spacial score (nSPS) is 16.2. The molecule has 0 nitrogen and oxygen atoms in total. The molecule has 0 aromatic heterocycles. The Balaban J connectivity index is 4.38. The third-order valence-electron chi connectivity index (χ3n) is 2.16. The lowest BCUT2D eigenvalue weighted by Gasteiger charge is -2.35. The smallest absolute Gasteiger partial charge is 0.206 e. The van der Waals surface area contributed by atoms with E-state index < -0.39 is 17.3 Å². The Morgan fingerprint density at radius 1 is 1.25 bits per heavy atom. The Morgan fingerprint density at radius 2 is 1.67 bits per heavy atom. The van der Waals surface area contributed by atoms with E-state index in [0.717, 1.165) is 4.43 Å². The maximum absolute atomic E-state index is 13.5. The van der Waals surface area contributed by atoms with Crippen LogP contribution in [0.5, 0.6) is 0 Å². The second-order valence-corrected chi connectivity index (χ2v) is 5.33. The molecule has 0 aliphatic rings. The van der Waals surface area contributed by atoms with Crippen molar-refractivity contribution in [3.8, 4) is 0 Å². The predicted octanol–water partition coefficient (Wildman–Crippen LogP) is 4.13. The second kappa shape index (κ2) is 4.20. The average molecular weight is 290 g/mol. The zero-order valence-corrected chi connectivity index (χ0v) is 10.3. The Morgan fingerprint density at radius 3 is 1.92 bits per heavy atom. The van der Waals surface area contributed by atoms with Crippen LogP contribution < -0.4 is 0 Å². The molecule has 3 heteroatoms. The molecular formula is C9H17F2I. The van der Waals surface area contributed by atoms with Crippen LogP contribution in [0.3, 0.4) is 0 Å². The zero-order chi connectivity index (χ0) is 9.99. The number of alkyl halides is 3. The molecule has 0 rings (SSSR count). The molecular weight excluding hydrogens is 273 g/mol. The Labute approximate surface area is 87.3 Å². The van der Waals surface area contributed by atoms with Gasteiger partial charge in [-0.15, -0.1) is 0 Å². The van der Waals surface area contributed by atoms with Crippen LogP contribution >= 0.6 is 22.6 Å². The van der Waals surface area contributed by atoms with Gasteiger partial charge in [-0.3, -0.25) is 0 Å². The number of hydrogen-bond donors (Lipinski definition) is 0. The molecule has 0 amide bonds. The lowest BCUT2D eigenvalue weighted by molar-refractivity contribution is -0.138. The molecule has 0 N–H and O–H groups in total. The van der Waals surface area contributed by atoms with Crippen LogP contribution in [-0.2, 0) is 0 Å². The first-order chi connectivity index (χ1) is 5.23. The quantitative estimate of drug-likeness (QED) is 0.541. The molecule has 0 saturated heterocycles.